The fourth-order valence-corrected chi connectivity index (χ4v) is 3.03. The monoisotopic (exact) mass is 304 g/mol. The van der Waals surface area contributed by atoms with Crippen LogP contribution in [0.5, 0.6) is 0 Å². The third-order valence-corrected chi connectivity index (χ3v) is 4.22. The number of aliphatic hydroxyl groups is 1. The lowest BCUT2D eigenvalue weighted by molar-refractivity contribution is 0.0934. The molecule has 112 valence electrons. The Bertz CT molecular complexity index is 569. The molecule has 0 aliphatic heterocycles. The van der Waals surface area contributed by atoms with Crippen LogP contribution >= 0.6 is 11.3 Å². The Hall–Kier alpha value is -1.72. The largest absolute Gasteiger partial charge is 0.396 e. The zero-order valence-electron chi connectivity index (χ0n) is 12.1. The zero-order chi connectivity index (χ0) is 15.1. The normalized spacial score (nSPS) is 12.1. The van der Waals surface area contributed by atoms with Gasteiger partial charge in [0.1, 0.15) is 4.88 Å². The van der Waals surface area contributed by atoms with E-state index in [2.05, 4.69) is 17.2 Å². The Balaban J connectivity index is 2.07. The van der Waals surface area contributed by atoms with Crippen molar-refractivity contribution in [1.82, 2.24) is 10.3 Å². The second-order valence-electron chi connectivity index (χ2n) is 4.82. The van der Waals surface area contributed by atoms with Gasteiger partial charge in [0, 0.05) is 6.61 Å². The lowest BCUT2D eigenvalue weighted by Crippen LogP contribution is -2.28. The standard InChI is InChI=1S/C16H20N2O2S/c1-2-6-15-17-11-14(21-15)16(20)18-13(9-10-19)12-7-4-3-5-8-12/h3-5,7-8,11,13,19H,2,6,9-10H2,1H3,(H,18,20). The molecular formula is C16H20N2O2S. The smallest absolute Gasteiger partial charge is 0.263 e. The van der Waals surface area contributed by atoms with Crippen LogP contribution in [0.15, 0.2) is 36.5 Å². The molecule has 0 aliphatic carbocycles. The minimum atomic E-state index is -0.180. The summed E-state index contributed by atoms with van der Waals surface area (Å²) in [6.07, 6.45) is 4.05. The lowest BCUT2D eigenvalue weighted by Gasteiger charge is -2.17. The predicted molar refractivity (Wildman–Crippen MR) is 84.5 cm³/mol. The summed E-state index contributed by atoms with van der Waals surface area (Å²) in [4.78, 5) is 17.2. The van der Waals surface area contributed by atoms with Gasteiger partial charge in [-0.3, -0.25) is 4.79 Å². The topological polar surface area (TPSA) is 62.2 Å². The number of carbonyl (C=O) groups excluding carboxylic acids is 1. The van der Waals surface area contributed by atoms with Gasteiger partial charge in [0.25, 0.3) is 5.91 Å². The molecule has 2 N–H and O–H groups in total. The third-order valence-electron chi connectivity index (χ3n) is 3.17. The van der Waals surface area contributed by atoms with E-state index in [9.17, 15) is 9.90 Å². The molecule has 1 atom stereocenters. The average molecular weight is 304 g/mol. The van der Waals surface area contributed by atoms with Gasteiger partial charge in [0.05, 0.1) is 17.2 Å². The van der Waals surface area contributed by atoms with E-state index in [1.807, 2.05) is 30.3 Å². The minimum absolute atomic E-state index is 0.0314. The number of benzene rings is 1. The van der Waals surface area contributed by atoms with Crippen molar-refractivity contribution in [3.63, 3.8) is 0 Å². The van der Waals surface area contributed by atoms with E-state index < -0.39 is 0 Å². The van der Waals surface area contributed by atoms with E-state index in [1.165, 1.54) is 11.3 Å². The number of nitrogens with one attached hydrogen (secondary N) is 1. The molecule has 4 nitrogen and oxygen atoms in total. The van der Waals surface area contributed by atoms with Gasteiger partial charge in [-0.05, 0) is 24.8 Å². The van der Waals surface area contributed by atoms with Crippen molar-refractivity contribution < 1.29 is 9.90 Å². The summed E-state index contributed by atoms with van der Waals surface area (Å²) in [6, 6.07) is 9.52. The Morgan fingerprint density at radius 1 is 1.38 bits per heavy atom. The van der Waals surface area contributed by atoms with Crippen molar-refractivity contribution in [2.45, 2.75) is 32.2 Å². The summed E-state index contributed by atoms with van der Waals surface area (Å²) in [5, 5.41) is 13.2. The molecule has 1 aromatic heterocycles. The number of hydrogen-bond donors (Lipinski definition) is 2. The Morgan fingerprint density at radius 2 is 2.14 bits per heavy atom. The molecule has 0 fully saturated rings. The molecule has 0 radical (unpaired) electrons. The van der Waals surface area contributed by atoms with E-state index in [0.29, 0.717) is 11.3 Å². The molecule has 1 heterocycles. The number of aliphatic hydroxyl groups excluding tert-OH is 1. The van der Waals surface area contributed by atoms with Gasteiger partial charge in [-0.25, -0.2) is 4.98 Å². The number of amides is 1. The SMILES string of the molecule is CCCc1ncc(C(=O)NC(CCO)c2ccccc2)s1. The van der Waals surface area contributed by atoms with E-state index in [0.717, 1.165) is 23.4 Å². The van der Waals surface area contributed by atoms with Crippen LogP contribution in [-0.2, 0) is 6.42 Å². The van der Waals surface area contributed by atoms with Crippen LogP contribution in [0.25, 0.3) is 0 Å². The van der Waals surface area contributed by atoms with Crippen LogP contribution < -0.4 is 5.32 Å². The van der Waals surface area contributed by atoms with Crippen molar-refractivity contribution >= 4 is 17.2 Å². The van der Waals surface area contributed by atoms with Gasteiger partial charge >= 0.3 is 0 Å². The quantitative estimate of drug-likeness (QED) is 0.826. The number of aryl methyl sites for hydroxylation is 1. The Kier molecular flexibility index (Phi) is 5.90. The molecule has 1 aromatic carbocycles. The van der Waals surface area contributed by atoms with Gasteiger partial charge in [-0.2, -0.15) is 0 Å². The van der Waals surface area contributed by atoms with Crippen LogP contribution in [0, 0.1) is 0 Å². The second-order valence-corrected chi connectivity index (χ2v) is 5.93. The fraction of sp³-hybridized carbons (Fsp3) is 0.375. The van der Waals surface area contributed by atoms with Crippen molar-refractivity contribution in [3.05, 3.63) is 52.0 Å². The molecule has 0 saturated carbocycles. The number of nitrogens with zero attached hydrogens (tertiary/aromatic N) is 1. The van der Waals surface area contributed by atoms with Crippen LogP contribution in [0.3, 0.4) is 0 Å². The Labute approximate surface area is 128 Å². The highest BCUT2D eigenvalue weighted by atomic mass is 32.1. The lowest BCUT2D eigenvalue weighted by atomic mass is 10.0. The summed E-state index contributed by atoms with van der Waals surface area (Å²) in [6.45, 7) is 2.12. The highest BCUT2D eigenvalue weighted by Gasteiger charge is 2.17. The molecule has 0 aliphatic rings. The molecule has 2 rings (SSSR count). The summed E-state index contributed by atoms with van der Waals surface area (Å²) in [7, 11) is 0. The number of carbonyl (C=O) groups is 1. The first-order valence-electron chi connectivity index (χ1n) is 7.16. The average Bonchev–Trinajstić information content (AvgIpc) is 2.97. The van der Waals surface area contributed by atoms with Crippen molar-refractivity contribution in [2.75, 3.05) is 6.61 Å². The molecule has 21 heavy (non-hydrogen) atoms. The van der Waals surface area contributed by atoms with Crippen LogP contribution in [0.2, 0.25) is 0 Å². The summed E-state index contributed by atoms with van der Waals surface area (Å²) in [5.41, 5.74) is 0.998. The first-order valence-corrected chi connectivity index (χ1v) is 7.97. The van der Waals surface area contributed by atoms with E-state index >= 15 is 0 Å². The van der Waals surface area contributed by atoms with Gasteiger partial charge in [-0.15, -0.1) is 11.3 Å². The van der Waals surface area contributed by atoms with Crippen LogP contribution in [-0.4, -0.2) is 22.6 Å². The van der Waals surface area contributed by atoms with Crippen LogP contribution in [0.1, 0.15) is 46.0 Å². The van der Waals surface area contributed by atoms with Gasteiger partial charge in [0.15, 0.2) is 0 Å². The summed E-state index contributed by atoms with van der Waals surface area (Å²) >= 11 is 1.44. The highest BCUT2D eigenvalue weighted by Crippen LogP contribution is 2.19. The molecule has 0 bridgehead atoms. The fourth-order valence-electron chi connectivity index (χ4n) is 2.11. The number of thiazole rings is 1. The molecule has 1 unspecified atom stereocenters. The second kappa shape index (κ2) is 7.90. The molecule has 2 aromatic rings. The molecule has 5 heteroatoms. The molecule has 0 spiro atoms. The first-order chi connectivity index (χ1) is 10.2. The van der Waals surface area contributed by atoms with Gasteiger partial charge in [0.2, 0.25) is 0 Å². The Morgan fingerprint density at radius 3 is 2.81 bits per heavy atom. The number of hydrogen-bond acceptors (Lipinski definition) is 4. The van der Waals surface area contributed by atoms with Gasteiger partial charge in [-0.1, -0.05) is 37.3 Å². The molecule has 0 saturated heterocycles. The predicted octanol–water partition coefficient (Wildman–Crippen LogP) is 2.95. The molecule has 1 amide bonds. The van der Waals surface area contributed by atoms with Crippen molar-refractivity contribution in [3.8, 4) is 0 Å². The highest BCUT2D eigenvalue weighted by molar-refractivity contribution is 7.13. The number of aromatic nitrogens is 1. The summed E-state index contributed by atoms with van der Waals surface area (Å²) in [5.74, 6) is -0.128. The molecular weight excluding hydrogens is 284 g/mol. The first kappa shape index (κ1) is 15.7. The maximum atomic E-state index is 12.3. The minimum Gasteiger partial charge on any atom is -0.396 e. The number of rotatable bonds is 7. The maximum Gasteiger partial charge on any atom is 0.263 e. The van der Waals surface area contributed by atoms with Crippen LogP contribution in [0.4, 0.5) is 0 Å². The zero-order valence-corrected chi connectivity index (χ0v) is 12.9. The summed E-state index contributed by atoms with van der Waals surface area (Å²) < 4.78 is 0. The van der Waals surface area contributed by atoms with Crippen molar-refractivity contribution in [1.29, 1.82) is 0 Å². The van der Waals surface area contributed by atoms with E-state index in [-0.39, 0.29) is 18.6 Å². The third kappa shape index (κ3) is 4.37. The van der Waals surface area contributed by atoms with Crippen molar-refractivity contribution in [2.24, 2.45) is 0 Å². The van der Waals surface area contributed by atoms with E-state index in [4.69, 9.17) is 0 Å². The van der Waals surface area contributed by atoms with E-state index in [1.54, 1.807) is 6.20 Å². The maximum absolute atomic E-state index is 12.3. The van der Waals surface area contributed by atoms with Gasteiger partial charge < -0.3 is 10.4 Å².